The number of aliphatic hydroxyl groups is 3. The summed E-state index contributed by atoms with van der Waals surface area (Å²) in [7, 11) is 0. The van der Waals surface area contributed by atoms with Crippen LogP contribution in [0.25, 0.3) is 0 Å². The van der Waals surface area contributed by atoms with Crippen LogP contribution >= 0.6 is 84.9 Å². The van der Waals surface area contributed by atoms with Crippen LogP contribution in [0.4, 0.5) is 0 Å². The maximum absolute atomic E-state index is 9.30. The van der Waals surface area contributed by atoms with E-state index in [9.17, 15) is 5.11 Å². The second kappa shape index (κ2) is 25.3. The maximum Gasteiger partial charge on any atom is 0.0720 e. The Balaban J connectivity index is 0. The minimum atomic E-state index is -0.321. The van der Waals surface area contributed by atoms with E-state index in [0.29, 0.717) is 28.3 Å². The molecule has 0 aliphatic carbocycles. The van der Waals surface area contributed by atoms with E-state index >= 15 is 0 Å². The second-order valence-corrected chi connectivity index (χ2v) is 10.6. The first kappa shape index (κ1) is 28.5. The van der Waals surface area contributed by atoms with Gasteiger partial charge in [0.25, 0.3) is 0 Å². The van der Waals surface area contributed by atoms with E-state index in [2.05, 4.69) is 37.9 Å². The topological polar surface area (TPSA) is 60.7 Å². The Bertz CT molecular complexity index is 219. The standard InChI is InChI=1S/C7H16O3S2.C7H16S5/c8-1-3-11-5-7(10)6-12-4-2-9;8-1-3-11-6-7(5-10)12-4-2-9/h2*7-10H,1-6H2. The Kier molecular flexibility index (Phi) is 30.1. The van der Waals surface area contributed by atoms with Crippen LogP contribution in [-0.4, -0.2) is 97.4 Å². The first-order valence-corrected chi connectivity index (χ1v) is 14.1. The van der Waals surface area contributed by atoms with Crippen molar-refractivity contribution < 1.29 is 15.3 Å². The summed E-state index contributed by atoms with van der Waals surface area (Å²) in [5, 5.41) is 26.9. The minimum Gasteiger partial charge on any atom is -0.396 e. The van der Waals surface area contributed by atoms with Crippen LogP contribution in [0.5, 0.6) is 0 Å². The number of rotatable bonds is 16. The smallest absolute Gasteiger partial charge is 0.0720 e. The van der Waals surface area contributed by atoms with Gasteiger partial charge < -0.3 is 15.3 Å². The van der Waals surface area contributed by atoms with Gasteiger partial charge in [0, 0.05) is 51.3 Å². The normalized spacial score (nSPS) is 12.1. The maximum atomic E-state index is 9.30. The molecule has 10 heteroatoms. The summed E-state index contributed by atoms with van der Waals surface area (Å²) in [6, 6.07) is 0. The fourth-order valence-corrected chi connectivity index (χ4v) is 6.01. The highest BCUT2D eigenvalue weighted by Crippen LogP contribution is 2.18. The average Bonchev–Trinajstić information content (AvgIpc) is 2.59. The van der Waals surface area contributed by atoms with Crippen LogP contribution in [0.15, 0.2) is 0 Å². The van der Waals surface area contributed by atoms with Crippen LogP contribution in [0.3, 0.4) is 0 Å². The molecule has 0 radical (unpaired) electrons. The zero-order valence-corrected chi connectivity index (χ0v) is 19.9. The second-order valence-electron chi connectivity index (χ2n) is 4.45. The Hall–Kier alpha value is 2.33. The summed E-state index contributed by atoms with van der Waals surface area (Å²) in [6.07, 6.45) is -0.321. The molecule has 0 amide bonds. The van der Waals surface area contributed by atoms with Crippen molar-refractivity contribution in [2.45, 2.75) is 11.4 Å². The molecule has 0 saturated carbocycles. The van der Waals surface area contributed by atoms with Crippen LogP contribution in [-0.2, 0) is 0 Å². The van der Waals surface area contributed by atoms with Gasteiger partial charge in [-0.1, -0.05) is 0 Å². The highest BCUT2D eigenvalue weighted by Gasteiger charge is 2.05. The molecule has 1 unspecified atom stereocenters. The first-order chi connectivity index (χ1) is 11.7. The highest BCUT2D eigenvalue weighted by molar-refractivity contribution is 8.04. The lowest BCUT2D eigenvalue weighted by Crippen LogP contribution is -2.14. The summed E-state index contributed by atoms with van der Waals surface area (Å²) in [4.78, 5) is 0. The first-order valence-electron chi connectivity index (χ1n) is 7.73. The van der Waals surface area contributed by atoms with Gasteiger partial charge in [0.05, 0.1) is 19.3 Å². The third-order valence-electron chi connectivity index (χ3n) is 2.28. The number of aliphatic hydroxyl groups excluding tert-OH is 3. The molecule has 0 aromatic carbocycles. The van der Waals surface area contributed by atoms with Gasteiger partial charge in [0.15, 0.2) is 0 Å². The van der Waals surface area contributed by atoms with Crippen molar-refractivity contribution in [2.24, 2.45) is 0 Å². The Labute approximate surface area is 181 Å². The molecule has 24 heavy (non-hydrogen) atoms. The summed E-state index contributed by atoms with van der Waals surface area (Å²) in [6.45, 7) is 0.336. The molecule has 3 N–H and O–H groups in total. The molecule has 148 valence electrons. The lowest BCUT2D eigenvalue weighted by Gasteiger charge is -2.12. The van der Waals surface area contributed by atoms with Crippen molar-refractivity contribution in [2.75, 3.05) is 70.7 Å². The Morgan fingerprint density at radius 3 is 1.62 bits per heavy atom. The van der Waals surface area contributed by atoms with E-state index in [1.165, 1.54) is 5.75 Å². The van der Waals surface area contributed by atoms with Crippen molar-refractivity contribution in [3.8, 4) is 0 Å². The van der Waals surface area contributed by atoms with Crippen molar-refractivity contribution in [3.05, 3.63) is 0 Å². The Morgan fingerprint density at radius 2 is 1.21 bits per heavy atom. The van der Waals surface area contributed by atoms with Gasteiger partial charge in [-0.3, -0.25) is 0 Å². The van der Waals surface area contributed by atoms with Gasteiger partial charge in [-0.15, -0.1) is 0 Å². The lowest BCUT2D eigenvalue weighted by atomic mass is 10.5. The Morgan fingerprint density at radius 1 is 0.708 bits per heavy atom. The minimum absolute atomic E-state index is 0.168. The van der Waals surface area contributed by atoms with E-state index in [1.54, 1.807) is 23.5 Å². The van der Waals surface area contributed by atoms with E-state index in [4.69, 9.17) is 10.2 Å². The molecule has 0 rings (SSSR count). The van der Waals surface area contributed by atoms with Crippen molar-refractivity contribution >= 4 is 84.9 Å². The lowest BCUT2D eigenvalue weighted by molar-refractivity contribution is 0.225. The summed E-state index contributed by atoms with van der Waals surface area (Å²) in [5.74, 6) is 9.08. The predicted molar refractivity (Wildman–Crippen MR) is 130 cm³/mol. The molecule has 0 heterocycles. The fraction of sp³-hybridized carbons (Fsp3) is 1.00. The third-order valence-corrected chi connectivity index (χ3v) is 8.79. The van der Waals surface area contributed by atoms with Gasteiger partial charge in [0.1, 0.15) is 0 Å². The largest absolute Gasteiger partial charge is 0.396 e. The third kappa shape index (κ3) is 24.3. The van der Waals surface area contributed by atoms with Crippen LogP contribution in [0.1, 0.15) is 0 Å². The number of hydrogen-bond acceptors (Lipinski definition) is 10. The number of hydrogen-bond donors (Lipinski definition) is 6. The van der Waals surface area contributed by atoms with Crippen LogP contribution in [0, 0.1) is 0 Å². The molecule has 0 aliphatic rings. The number of thioether (sulfide) groups is 4. The molecule has 3 nitrogen and oxygen atoms in total. The van der Waals surface area contributed by atoms with Gasteiger partial charge in [0.2, 0.25) is 0 Å². The molecule has 0 bridgehead atoms. The predicted octanol–water partition coefficient (Wildman–Crippen LogP) is 2.41. The van der Waals surface area contributed by atoms with Gasteiger partial charge in [-0.25, -0.2) is 0 Å². The van der Waals surface area contributed by atoms with E-state index < -0.39 is 0 Å². The summed E-state index contributed by atoms with van der Waals surface area (Å²) >= 11 is 19.7. The van der Waals surface area contributed by atoms with Crippen molar-refractivity contribution in [1.82, 2.24) is 0 Å². The zero-order valence-electron chi connectivity index (χ0n) is 14.0. The quantitative estimate of drug-likeness (QED) is 0.152. The zero-order chi connectivity index (χ0) is 18.5. The van der Waals surface area contributed by atoms with E-state index in [-0.39, 0.29) is 19.3 Å². The number of thiol groups is 3. The van der Waals surface area contributed by atoms with Crippen LogP contribution < -0.4 is 0 Å². The van der Waals surface area contributed by atoms with E-state index in [0.717, 1.165) is 28.8 Å². The molecular formula is C14H32O3S7. The van der Waals surface area contributed by atoms with Gasteiger partial charge >= 0.3 is 0 Å². The SMILES string of the molecule is OCCSCC(O)CSCCO.SCCSCC(CS)SCCS. The van der Waals surface area contributed by atoms with E-state index in [1.807, 2.05) is 23.5 Å². The monoisotopic (exact) mass is 472 g/mol. The fourth-order valence-electron chi connectivity index (χ4n) is 1.27. The molecular weight excluding hydrogens is 441 g/mol. The summed E-state index contributed by atoms with van der Waals surface area (Å²) < 4.78 is 0. The van der Waals surface area contributed by atoms with Gasteiger partial charge in [-0.2, -0.15) is 84.9 Å². The highest BCUT2D eigenvalue weighted by atomic mass is 32.2. The average molecular weight is 473 g/mol. The molecule has 0 spiro atoms. The summed E-state index contributed by atoms with van der Waals surface area (Å²) in [5.41, 5.74) is 0. The molecule has 0 fully saturated rings. The molecule has 0 saturated heterocycles. The molecule has 1 atom stereocenters. The van der Waals surface area contributed by atoms with Gasteiger partial charge in [-0.05, 0) is 11.5 Å². The molecule has 0 aromatic heterocycles. The van der Waals surface area contributed by atoms with Crippen molar-refractivity contribution in [3.63, 3.8) is 0 Å². The van der Waals surface area contributed by atoms with Crippen LogP contribution in [0.2, 0.25) is 0 Å². The van der Waals surface area contributed by atoms with Crippen molar-refractivity contribution in [1.29, 1.82) is 0 Å². The molecule has 0 aliphatic heterocycles. The molecule has 0 aromatic rings.